The van der Waals surface area contributed by atoms with E-state index in [9.17, 15) is 0 Å². The first-order valence-electron chi connectivity index (χ1n) is 15.3. The second kappa shape index (κ2) is 8.56. The summed E-state index contributed by atoms with van der Waals surface area (Å²) in [7, 11) is 0. The van der Waals surface area contributed by atoms with Crippen molar-refractivity contribution >= 4 is 93.8 Å². The van der Waals surface area contributed by atoms with E-state index in [1.807, 2.05) is 29.7 Å². The molecular formula is C40H22BNO2S. The third kappa shape index (κ3) is 3.10. The van der Waals surface area contributed by atoms with Gasteiger partial charge in [-0.05, 0) is 82.3 Å². The van der Waals surface area contributed by atoms with Gasteiger partial charge >= 0.3 is 0 Å². The summed E-state index contributed by atoms with van der Waals surface area (Å²) < 4.78 is 15.6. The molecule has 45 heavy (non-hydrogen) atoms. The lowest BCUT2D eigenvalue weighted by Crippen LogP contribution is -2.54. The Morgan fingerprint density at radius 3 is 2.24 bits per heavy atom. The summed E-state index contributed by atoms with van der Waals surface area (Å²) in [6, 6.07) is 46.0. The van der Waals surface area contributed by atoms with E-state index in [1.165, 1.54) is 59.0 Å². The van der Waals surface area contributed by atoms with Crippen molar-refractivity contribution in [2.24, 2.45) is 0 Å². The van der Waals surface area contributed by atoms with Crippen LogP contribution >= 0.6 is 11.3 Å². The summed E-state index contributed by atoms with van der Waals surface area (Å²) in [5.74, 6) is 0. The largest absolute Gasteiger partial charge is 0.468 e. The summed E-state index contributed by atoms with van der Waals surface area (Å²) in [5, 5.41) is 4.80. The second-order valence-corrected chi connectivity index (χ2v) is 13.1. The molecule has 0 fully saturated rings. The number of benzene rings is 6. The maximum absolute atomic E-state index is 6.81. The lowest BCUT2D eigenvalue weighted by Gasteiger charge is -2.33. The Hall–Kier alpha value is -5.52. The maximum atomic E-state index is 6.81. The highest BCUT2D eigenvalue weighted by molar-refractivity contribution is 7.25. The first-order valence-corrected chi connectivity index (χ1v) is 16.1. The van der Waals surface area contributed by atoms with Crippen LogP contribution in [-0.2, 0) is 0 Å². The summed E-state index contributed by atoms with van der Waals surface area (Å²) in [4.78, 5) is 2.40. The van der Waals surface area contributed by atoms with E-state index in [0.717, 1.165) is 39.0 Å². The smallest absolute Gasteiger partial charge is 0.294 e. The predicted molar refractivity (Wildman–Crippen MR) is 189 cm³/mol. The summed E-state index contributed by atoms with van der Waals surface area (Å²) >= 11 is 1.86. The van der Waals surface area contributed by atoms with Crippen molar-refractivity contribution in [2.45, 2.75) is 0 Å². The number of nitrogens with zero attached hydrogens (tertiary/aromatic N) is 1. The topological polar surface area (TPSA) is 29.5 Å². The average Bonchev–Trinajstić information content (AvgIpc) is 3.86. The molecule has 5 heteroatoms. The molecule has 0 amide bonds. The Kier molecular flexibility index (Phi) is 4.54. The van der Waals surface area contributed by atoms with E-state index in [2.05, 4.69) is 120 Å². The zero-order valence-corrected chi connectivity index (χ0v) is 24.8. The van der Waals surface area contributed by atoms with Gasteiger partial charge in [-0.1, -0.05) is 78.3 Å². The molecule has 0 saturated carbocycles. The van der Waals surface area contributed by atoms with Crippen LogP contribution in [0.5, 0.6) is 0 Å². The molecule has 3 nitrogen and oxygen atoms in total. The summed E-state index contributed by atoms with van der Waals surface area (Å²) in [6.45, 7) is 0.0142. The van der Waals surface area contributed by atoms with Gasteiger partial charge in [0.15, 0.2) is 0 Å². The second-order valence-electron chi connectivity index (χ2n) is 12.0. The Morgan fingerprint density at radius 1 is 0.556 bits per heavy atom. The van der Waals surface area contributed by atoms with Crippen LogP contribution in [0.25, 0.3) is 64.4 Å². The van der Waals surface area contributed by atoms with Gasteiger partial charge in [0.25, 0.3) is 6.71 Å². The molecule has 11 rings (SSSR count). The van der Waals surface area contributed by atoms with Crippen LogP contribution in [0.3, 0.4) is 0 Å². The molecule has 3 aromatic heterocycles. The molecular weight excluding hydrogens is 569 g/mol. The van der Waals surface area contributed by atoms with Crippen molar-refractivity contribution in [2.75, 3.05) is 4.90 Å². The normalized spacial score (nSPS) is 13.2. The number of furan rings is 2. The van der Waals surface area contributed by atoms with Gasteiger partial charge in [0.05, 0.1) is 17.0 Å². The minimum Gasteiger partial charge on any atom is -0.468 e. The van der Waals surface area contributed by atoms with Crippen molar-refractivity contribution in [3.05, 3.63) is 134 Å². The van der Waals surface area contributed by atoms with Crippen LogP contribution in [0.1, 0.15) is 0 Å². The average molecular weight is 592 g/mol. The number of hydrogen-bond acceptors (Lipinski definition) is 4. The SMILES string of the molecule is c1ccc2c(c1)B1c3oc4ccccc4c3N(c3coc4ccccc34)c3cc(-c4ccc5sc6ccccc6c5c4)cc-2c31. The van der Waals surface area contributed by atoms with Gasteiger partial charge in [-0.25, -0.2) is 0 Å². The van der Waals surface area contributed by atoms with E-state index in [-0.39, 0.29) is 6.71 Å². The third-order valence-corrected chi connectivity index (χ3v) is 10.9. The highest BCUT2D eigenvalue weighted by atomic mass is 32.1. The Morgan fingerprint density at radius 2 is 1.31 bits per heavy atom. The lowest BCUT2D eigenvalue weighted by atomic mass is 9.39. The van der Waals surface area contributed by atoms with Crippen molar-refractivity contribution in [3.8, 4) is 22.3 Å². The van der Waals surface area contributed by atoms with Crippen molar-refractivity contribution in [1.82, 2.24) is 0 Å². The molecule has 208 valence electrons. The highest BCUT2D eigenvalue weighted by Gasteiger charge is 2.46. The number of thiophene rings is 1. The molecule has 2 aliphatic heterocycles. The van der Waals surface area contributed by atoms with Crippen LogP contribution in [0, 0.1) is 0 Å². The molecule has 2 aliphatic rings. The van der Waals surface area contributed by atoms with Crippen LogP contribution in [0.4, 0.5) is 17.1 Å². The van der Waals surface area contributed by atoms with E-state index in [1.54, 1.807) is 0 Å². The number of fused-ring (bicyclic) bond motifs is 11. The van der Waals surface area contributed by atoms with Crippen molar-refractivity contribution in [3.63, 3.8) is 0 Å². The van der Waals surface area contributed by atoms with Gasteiger partial charge in [-0.3, -0.25) is 0 Å². The van der Waals surface area contributed by atoms with E-state index < -0.39 is 0 Å². The van der Waals surface area contributed by atoms with E-state index in [0.29, 0.717) is 0 Å². The molecule has 0 saturated heterocycles. The van der Waals surface area contributed by atoms with Gasteiger partial charge in [0.2, 0.25) is 0 Å². The number of hydrogen-bond donors (Lipinski definition) is 0. The molecule has 0 atom stereocenters. The number of rotatable bonds is 2. The minimum absolute atomic E-state index is 0.0142. The maximum Gasteiger partial charge on any atom is 0.294 e. The highest BCUT2D eigenvalue weighted by Crippen LogP contribution is 2.48. The zero-order valence-electron chi connectivity index (χ0n) is 24.0. The quantitative estimate of drug-likeness (QED) is 0.188. The van der Waals surface area contributed by atoms with Gasteiger partial charge in [-0.2, -0.15) is 0 Å². The molecule has 0 aliphatic carbocycles. The lowest BCUT2D eigenvalue weighted by molar-refractivity contribution is 0.616. The summed E-state index contributed by atoms with van der Waals surface area (Å²) in [5.41, 5.74) is 13.6. The van der Waals surface area contributed by atoms with Crippen LogP contribution in [0.15, 0.2) is 142 Å². The van der Waals surface area contributed by atoms with Gasteiger partial charge in [-0.15, -0.1) is 11.3 Å². The van der Waals surface area contributed by atoms with Crippen LogP contribution in [-0.4, -0.2) is 6.71 Å². The molecule has 0 N–H and O–H groups in total. The Balaban J connectivity index is 1.26. The minimum atomic E-state index is 0.0142. The molecule has 0 radical (unpaired) electrons. The van der Waals surface area contributed by atoms with Crippen LogP contribution < -0.4 is 21.5 Å². The third-order valence-electron chi connectivity index (χ3n) is 9.74. The Bertz CT molecular complexity index is 2700. The van der Waals surface area contributed by atoms with Crippen molar-refractivity contribution < 1.29 is 8.83 Å². The molecule has 0 spiro atoms. The van der Waals surface area contributed by atoms with E-state index >= 15 is 0 Å². The Labute approximate surface area is 262 Å². The standard InChI is InChI=1S/C40H22BNO2S/c1-5-13-31-25(9-1)30-20-24(23-17-18-37-29(19-23)26-10-4-8-16-36(26)45-37)21-32-38(30)41(31)40-39(28-12-3-7-15-35(28)44-40)42(32)33-22-43-34-14-6-2-11-27(33)34/h1-22H. The fourth-order valence-corrected chi connectivity index (χ4v) is 8.91. The van der Waals surface area contributed by atoms with Crippen LogP contribution in [0.2, 0.25) is 0 Å². The van der Waals surface area contributed by atoms with Gasteiger partial charge < -0.3 is 13.7 Å². The monoisotopic (exact) mass is 591 g/mol. The van der Waals surface area contributed by atoms with Gasteiger partial charge in [0, 0.05) is 36.6 Å². The zero-order chi connectivity index (χ0) is 29.2. The fraction of sp³-hybridized carbons (Fsp3) is 0. The van der Waals surface area contributed by atoms with E-state index in [4.69, 9.17) is 8.83 Å². The first-order chi connectivity index (χ1) is 22.3. The molecule has 9 aromatic rings. The molecule has 0 unspecified atom stereocenters. The molecule has 5 heterocycles. The van der Waals surface area contributed by atoms with Gasteiger partial charge in [0.1, 0.15) is 17.4 Å². The van der Waals surface area contributed by atoms with Crippen molar-refractivity contribution in [1.29, 1.82) is 0 Å². The fourth-order valence-electron chi connectivity index (χ4n) is 7.83. The molecule has 6 aromatic carbocycles. The first kappa shape index (κ1) is 23.9. The number of para-hydroxylation sites is 2. The predicted octanol–water partition coefficient (Wildman–Crippen LogP) is 9.49. The number of anilines is 3. The molecule has 0 bridgehead atoms. The summed E-state index contributed by atoms with van der Waals surface area (Å²) in [6.07, 6.45) is 1.90.